The molecule has 1 saturated carbocycles. The fourth-order valence-corrected chi connectivity index (χ4v) is 3.33. The molecular formula is C13H12ClN3O2S. The minimum atomic E-state index is -0.146. The maximum Gasteiger partial charge on any atom is 0.263 e. The topological polar surface area (TPSA) is 74.8 Å². The van der Waals surface area contributed by atoms with Crippen LogP contribution >= 0.6 is 22.9 Å². The number of aromatic amines is 1. The summed E-state index contributed by atoms with van der Waals surface area (Å²) in [6.07, 6.45) is 3.01. The van der Waals surface area contributed by atoms with E-state index < -0.39 is 0 Å². The number of H-pyrrole nitrogens is 1. The van der Waals surface area contributed by atoms with E-state index in [1.165, 1.54) is 23.7 Å². The molecule has 0 saturated heterocycles. The maximum atomic E-state index is 12.0. The second-order valence-electron chi connectivity index (χ2n) is 4.77. The molecule has 20 heavy (non-hydrogen) atoms. The first-order valence-corrected chi connectivity index (χ1v) is 7.47. The molecule has 1 aliphatic rings. The SMILES string of the molecule is O=C(NC1CC(c2cc(=O)[nH]cn2)C1)c1sccc1Cl. The van der Waals surface area contributed by atoms with E-state index in [1.54, 1.807) is 11.4 Å². The summed E-state index contributed by atoms with van der Waals surface area (Å²) in [4.78, 5) is 30.4. The van der Waals surface area contributed by atoms with Crippen molar-refractivity contribution in [2.24, 2.45) is 0 Å². The summed E-state index contributed by atoms with van der Waals surface area (Å²) in [6.45, 7) is 0. The van der Waals surface area contributed by atoms with E-state index in [0.29, 0.717) is 9.90 Å². The molecule has 0 aromatic carbocycles. The molecule has 3 rings (SSSR count). The first kappa shape index (κ1) is 13.3. The number of hydrogen-bond acceptors (Lipinski definition) is 4. The molecule has 1 aliphatic carbocycles. The lowest BCUT2D eigenvalue weighted by molar-refractivity contribution is 0.0912. The molecule has 0 aliphatic heterocycles. The number of nitrogens with zero attached hydrogens (tertiary/aromatic N) is 1. The standard InChI is InChI=1S/C13H12ClN3O2S/c14-9-1-2-20-12(9)13(19)17-8-3-7(4-8)10-5-11(18)16-6-15-10/h1-2,5-8H,3-4H2,(H,17,19)(H,15,16,18). The Hall–Kier alpha value is -1.66. The third kappa shape index (κ3) is 2.62. The van der Waals surface area contributed by atoms with Gasteiger partial charge in [0.05, 0.1) is 17.0 Å². The summed E-state index contributed by atoms with van der Waals surface area (Å²) in [6, 6.07) is 3.34. The molecule has 0 unspecified atom stereocenters. The number of thiophene rings is 1. The monoisotopic (exact) mass is 309 g/mol. The first-order valence-electron chi connectivity index (χ1n) is 6.22. The van der Waals surface area contributed by atoms with E-state index in [-0.39, 0.29) is 23.4 Å². The molecule has 2 aromatic rings. The highest BCUT2D eigenvalue weighted by atomic mass is 35.5. The van der Waals surface area contributed by atoms with Crippen molar-refractivity contribution >= 4 is 28.8 Å². The van der Waals surface area contributed by atoms with Gasteiger partial charge in [0.1, 0.15) is 4.88 Å². The van der Waals surface area contributed by atoms with Crippen molar-refractivity contribution in [2.45, 2.75) is 24.8 Å². The molecule has 0 bridgehead atoms. The van der Waals surface area contributed by atoms with Crippen LogP contribution in [0.4, 0.5) is 0 Å². The molecule has 104 valence electrons. The average Bonchev–Trinajstić information content (AvgIpc) is 2.79. The van der Waals surface area contributed by atoms with Crippen molar-refractivity contribution in [2.75, 3.05) is 0 Å². The van der Waals surface area contributed by atoms with Gasteiger partial charge in [-0.05, 0) is 24.3 Å². The molecule has 2 heterocycles. The third-order valence-corrected chi connectivity index (χ3v) is 4.75. The van der Waals surface area contributed by atoms with Crippen molar-refractivity contribution in [3.63, 3.8) is 0 Å². The van der Waals surface area contributed by atoms with Crippen LogP contribution in [0.5, 0.6) is 0 Å². The lowest BCUT2D eigenvalue weighted by Crippen LogP contribution is -2.43. The van der Waals surface area contributed by atoms with Crippen LogP contribution in [0.2, 0.25) is 5.02 Å². The van der Waals surface area contributed by atoms with Crippen molar-refractivity contribution in [3.05, 3.63) is 49.8 Å². The average molecular weight is 310 g/mol. The number of hydrogen-bond donors (Lipinski definition) is 2. The van der Waals surface area contributed by atoms with Gasteiger partial charge in [0.25, 0.3) is 11.5 Å². The minimum Gasteiger partial charge on any atom is -0.349 e. The molecule has 2 aromatic heterocycles. The van der Waals surface area contributed by atoms with Crippen LogP contribution in [0.25, 0.3) is 0 Å². The van der Waals surface area contributed by atoms with Crippen LogP contribution in [0.1, 0.15) is 34.1 Å². The van der Waals surface area contributed by atoms with Gasteiger partial charge in [-0.1, -0.05) is 11.6 Å². The van der Waals surface area contributed by atoms with Crippen LogP contribution in [0.3, 0.4) is 0 Å². The number of nitrogens with one attached hydrogen (secondary N) is 2. The molecule has 0 atom stereocenters. The van der Waals surface area contributed by atoms with Crippen molar-refractivity contribution < 1.29 is 4.79 Å². The molecule has 2 N–H and O–H groups in total. The summed E-state index contributed by atoms with van der Waals surface area (Å²) < 4.78 is 0. The molecular weight excluding hydrogens is 298 g/mol. The number of carbonyl (C=O) groups is 1. The fraction of sp³-hybridized carbons (Fsp3) is 0.308. The Kier molecular flexibility index (Phi) is 3.58. The van der Waals surface area contributed by atoms with Crippen LogP contribution in [-0.2, 0) is 0 Å². The Morgan fingerprint density at radius 2 is 2.30 bits per heavy atom. The van der Waals surface area contributed by atoms with Gasteiger partial charge in [0.15, 0.2) is 0 Å². The molecule has 0 radical (unpaired) electrons. The summed E-state index contributed by atoms with van der Waals surface area (Å²) in [5.74, 6) is 0.105. The lowest BCUT2D eigenvalue weighted by atomic mass is 9.78. The number of aromatic nitrogens is 2. The Morgan fingerprint density at radius 3 is 2.95 bits per heavy atom. The zero-order valence-electron chi connectivity index (χ0n) is 10.4. The highest BCUT2D eigenvalue weighted by molar-refractivity contribution is 7.12. The molecule has 5 nitrogen and oxygen atoms in total. The van der Waals surface area contributed by atoms with Crippen LogP contribution < -0.4 is 10.9 Å². The van der Waals surface area contributed by atoms with E-state index in [2.05, 4.69) is 15.3 Å². The third-order valence-electron chi connectivity index (χ3n) is 3.41. The van der Waals surface area contributed by atoms with E-state index >= 15 is 0 Å². The Morgan fingerprint density at radius 1 is 1.50 bits per heavy atom. The van der Waals surface area contributed by atoms with E-state index in [1.807, 2.05) is 0 Å². The van der Waals surface area contributed by atoms with E-state index in [9.17, 15) is 9.59 Å². The number of halogens is 1. The molecule has 7 heteroatoms. The smallest absolute Gasteiger partial charge is 0.263 e. The first-order chi connectivity index (χ1) is 9.63. The van der Waals surface area contributed by atoms with Gasteiger partial charge in [0.2, 0.25) is 0 Å². The van der Waals surface area contributed by atoms with Gasteiger partial charge in [-0.3, -0.25) is 9.59 Å². The summed E-state index contributed by atoms with van der Waals surface area (Å²) >= 11 is 7.25. The van der Waals surface area contributed by atoms with Crippen molar-refractivity contribution in [1.29, 1.82) is 0 Å². The molecule has 0 spiro atoms. The van der Waals surface area contributed by atoms with Gasteiger partial charge in [-0.2, -0.15) is 0 Å². The highest BCUT2D eigenvalue weighted by Crippen LogP contribution is 2.35. The summed E-state index contributed by atoms with van der Waals surface area (Å²) in [7, 11) is 0. The van der Waals surface area contributed by atoms with Gasteiger partial charge >= 0.3 is 0 Å². The Balaban J connectivity index is 1.57. The highest BCUT2D eigenvalue weighted by Gasteiger charge is 2.33. The van der Waals surface area contributed by atoms with Crippen molar-refractivity contribution in [3.8, 4) is 0 Å². The van der Waals surface area contributed by atoms with Gasteiger partial charge in [-0.15, -0.1) is 11.3 Å². The van der Waals surface area contributed by atoms with E-state index in [4.69, 9.17) is 11.6 Å². The predicted molar refractivity (Wildman–Crippen MR) is 77.4 cm³/mol. The molecule has 1 fully saturated rings. The number of rotatable bonds is 3. The summed E-state index contributed by atoms with van der Waals surface area (Å²) in [5.41, 5.74) is 0.640. The largest absolute Gasteiger partial charge is 0.349 e. The van der Waals surface area contributed by atoms with Crippen LogP contribution in [0.15, 0.2) is 28.6 Å². The van der Waals surface area contributed by atoms with Crippen LogP contribution in [0, 0.1) is 0 Å². The summed E-state index contributed by atoms with van der Waals surface area (Å²) in [5, 5.41) is 5.23. The van der Waals surface area contributed by atoms with Crippen molar-refractivity contribution in [1.82, 2.24) is 15.3 Å². The molecule has 1 amide bonds. The van der Waals surface area contributed by atoms with Gasteiger partial charge < -0.3 is 10.3 Å². The zero-order valence-corrected chi connectivity index (χ0v) is 12.0. The lowest BCUT2D eigenvalue weighted by Gasteiger charge is -2.35. The zero-order chi connectivity index (χ0) is 14.1. The number of amides is 1. The minimum absolute atomic E-state index is 0.117. The van der Waals surface area contributed by atoms with E-state index in [0.717, 1.165) is 18.5 Å². The van der Waals surface area contributed by atoms with Crippen LogP contribution in [-0.4, -0.2) is 21.9 Å². The fourth-order valence-electron chi connectivity index (χ4n) is 2.29. The normalized spacial score (nSPS) is 21.2. The van der Waals surface area contributed by atoms with Gasteiger partial charge in [-0.25, -0.2) is 4.98 Å². The Labute approximate surface area is 124 Å². The second-order valence-corrected chi connectivity index (χ2v) is 6.10. The Bertz CT molecular complexity index is 691. The van der Waals surface area contributed by atoms with Gasteiger partial charge in [0, 0.05) is 18.0 Å². The maximum absolute atomic E-state index is 12.0. The quantitative estimate of drug-likeness (QED) is 0.912. The predicted octanol–water partition coefficient (Wildman–Crippen LogP) is 2.16. The number of carbonyl (C=O) groups excluding carboxylic acids is 1. The second kappa shape index (κ2) is 5.38.